The number of carbonyl (C=O) groups excluding carboxylic acids is 1. The molecule has 0 N–H and O–H groups in total. The maximum atomic E-state index is 13.8. The lowest BCUT2D eigenvalue weighted by Crippen LogP contribution is -2.42. The number of hydrogen-bond donors (Lipinski definition) is 0. The molecule has 7 heteroatoms. The number of rotatable bonds is 4. The summed E-state index contributed by atoms with van der Waals surface area (Å²) < 4.78 is 34.0. The molecule has 0 spiro atoms. The fourth-order valence-electron chi connectivity index (χ4n) is 4.83. The molecule has 3 aromatic rings. The van der Waals surface area contributed by atoms with Gasteiger partial charge in [-0.15, -0.1) is 0 Å². The van der Waals surface area contributed by atoms with Gasteiger partial charge in [0.15, 0.2) is 0 Å². The number of hydrogen-bond acceptors (Lipinski definition) is 4. The van der Waals surface area contributed by atoms with E-state index in [4.69, 9.17) is 4.74 Å². The molecular formula is C26H26N2O4S. The van der Waals surface area contributed by atoms with Crippen LogP contribution in [0.15, 0.2) is 71.6 Å². The van der Waals surface area contributed by atoms with Crippen molar-refractivity contribution in [1.29, 1.82) is 0 Å². The van der Waals surface area contributed by atoms with Crippen LogP contribution in [-0.2, 0) is 22.9 Å². The van der Waals surface area contributed by atoms with Crippen LogP contribution < -0.4 is 13.9 Å². The summed E-state index contributed by atoms with van der Waals surface area (Å²) in [6, 6.07) is 19.9. The number of aryl methyl sites for hydroxylation is 1. The van der Waals surface area contributed by atoms with Gasteiger partial charge in [0.05, 0.1) is 23.3 Å². The number of methoxy groups -OCH3 is 1. The van der Waals surface area contributed by atoms with Crippen LogP contribution in [0.25, 0.3) is 0 Å². The molecule has 33 heavy (non-hydrogen) atoms. The number of sulfonamides is 1. The predicted molar refractivity (Wildman–Crippen MR) is 129 cm³/mol. The maximum Gasteiger partial charge on any atom is 0.264 e. The molecular weight excluding hydrogens is 436 g/mol. The summed E-state index contributed by atoms with van der Waals surface area (Å²) in [5, 5.41) is 0. The van der Waals surface area contributed by atoms with Crippen molar-refractivity contribution in [3.63, 3.8) is 0 Å². The Morgan fingerprint density at radius 3 is 2.33 bits per heavy atom. The molecule has 1 amide bonds. The van der Waals surface area contributed by atoms with Crippen molar-refractivity contribution in [1.82, 2.24) is 0 Å². The Morgan fingerprint density at radius 2 is 1.61 bits per heavy atom. The summed E-state index contributed by atoms with van der Waals surface area (Å²) in [6.07, 6.45) is 2.41. The van der Waals surface area contributed by atoms with Gasteiger partial charge in [-0.25, -0.2) is 8.42 Å². The fraction of sp³-hybridized carbons (Fsp3) is 0.269. The normalized spacial score (nSPS) is 17.5. The Balaban J connectivity index is 1.57. The van der Waals surface area contributed by atoms with Crippen LogP contribution in [0.1, 0.15) is 34.8 Å². The van der Waals surface area contributed by atoms with Crippen molar-refractivity contribution in [2.75, 3.05) is 22.9 Å². The van der Waals surface area contributed by atoms with Gasteiger partial charge < -0.3 is 9.64 Å². The standard InChI is InChI=1S/C26H26N2O4S/c1-18-11-12-19-7-4-6-10-24(19)28(18)26(29)22-17-21(13-14-25(22)32-2)33(30,31)27-16-15-20-8-3-5-9-23(20)27/h3-10,13-14,17-18H,11-12,15-16H2,1-2H3. The third-order valence-electron chi connectivity index (χ3n) is 6.58. The highest BCUT2D eigenvalue weighted by Crippen LogP contribution is 2.36. The van der Waals surface area contributed by atoms with Crippen LogP contribution in [0.5, 0.6) is 5.75 Å². The van der Waals surface area contributed by atoms with Gasteiger partial charge in [-0.2, -0.15) is 0 Å². The van der Waals surface area contributed by atoms with Crippen LogP contribution in [0, 0.1) is 0 Å². The van der Waals surface area contributed by atoms with E-state index in [1.165, 1.54) is 23.5 Å². The smallest absolute Gasteiger partial charge is 0.264 e. The van der Waals surface area contributed by atoms with E-state index in [0.29, 0.717) is 24.4 Å². The van der Waals surface area contributed by atoms with Crippen LogP contribution in [0.3, 0.4) is 0 Å². The SMILES string of the molecule is COc1ccc(S(=O)(=O)N2CCc3ccccc32)cc1C(=O)N1c2ccccc2CCC1C. The Morgan fingerprint density at radius 1 is 0.939 bits per heavy atom. The van der Waals surface area contributed by atoms with Gasteiger partial charge in [-0.05, 0) is 67.6 Å². The molecule has 0 radical (unpaired) electrons. The van der Waals surface area contributed by atoms with Gasteiger partial charge in [0.25, 0.3) is 15.9 Å². The molecule has 0 saturated carbocycles. The van der Waals surface area contributed by atoms with Crippen molar-refractivity contribution < 1.29 is 17.9 Å². The number of benzene rings is 3. The summed E-state index contributed by atoms with van der Waals surface area (Å²) in [5.41, 5.74) is 3.92. The quantitative estimate of drug-likeness (QED) is 0.575. The first-order chi connectivity index (χ1) is 15.9. The van der Waals surface area contributed by atoms with E-state index in [1.54, 1.807) is 11.0 Å². The molecule has 0 fully saturated rings. The van der Waals surface area contributed by atoms with E-state index in [1.807, 2.05) is 55.5 Å². The minimum atomic E-state index is -3.83. The Hall–Kier alpha value is -3.32. The van der Waals surface area contributed by atoms with Crippen LogP contribution in [-0.4, -0.2) is 34.0 Å². The average Bonchev–Trinajstić information content (AvgIpc) is 3.28. The largest absolute Gasteiger partial charge is 0.496 e. The topological polar surface area (TPSA) is 66.9 Å². The fourth-order valence-corrected chi connectivity index (χ4v) is 6.36. The molecule has 6 nitrogen and oxygen atoms in total. The second-order valence-electron chi connectivity index (χ2n) is 8.51. The van der Waals surface area contributed by atoms with Crippen molar-refractivity contribution in [3.05, 3.63) is 83.4 Å². The van der Waals surface area contributed by atoms with Crippen molar-refractivity contribution in [2.24, 2.45) is 0 Å². The number of carbonyl (C=O) groups is 1. The number of ether oxygens (including phenoxy) is 1. The van der Waals surface area contributed by atoms with E-state index in [-0.39, 0.29) is 22.4 Å². The first-order valence-corrected chi connectivity index (χ1v) is 12.6. The van der Waals surface area contributed by atoms with Gasteiger partial charge in [-0.3, -0.25) is 9.10 Å². The van der Waals surface area contributed by atoms with Gasteiger partial charge in [0, 0.05) is 18.3 Å². The molecule has 2 heterocycles. The first-order valence-electron chi connectivity index (χ1n) is 11.1. The van der Waals surface area contributed by atoms with Crippen LogP contribution in [0.2, 0.25) is 0 Å². The highest BCUT2D eigenvalue weighted by Gasteiger charge is 2.34. The van der Waals surface area contributed by atoms with Crippen molar-refractivity contribution in [3.8, 4) is 5.75 Å². The molecule has 5 rings (SSSR count). The van der Waals surface area contributed by atoms with Crippen molar-refractivity contribution in [2.45, 2.75) is 37.1 Å². The van der Waals surface area contributed by atoms with E-state index >= 15 is 0 Å². The Kier molecular flexibility index (Phi) is 5.37. The summed E-state index contributed by atoms with van der Waals surface area (Å²) in [7, 11) is -2.34. The highest BCUT2D eigenvalue weighted by atomic mass is 32.2. The van der Waals surface area contributed by atoms with E-state index in [9.17, 15) is 13.2 Å². The van der Waals surface area contributed by atoms with Gasteiger partial charge in [0.2, 0.25) is 0 Å². The zero-order chi connectivity index (χ0) is 23.2. The van der Waals surface area contributed by atoms with E-state index in [2.05, 4.69) is 0 Å². The van der Waals surface area contributed by atoms with Crippen LogP contribution >= 0.6 is 0 Å². The summed E-state index contributed by atoms with van der Waals surface area (Å²) in [5.74, 6) is 0.0985. The number of anilines is 2. The highest BCUT2D eigenvalue weighted by molar-refractivity contribution is 7.92. The first kappa shape index (κ1) is 21.5. The molecule has 170 valence electrons. The lowest BCUT2D eigenvalue weighted by Gasteiger charge is -2.35. The maximum absolute atomic E-state index is 13.8. The molecule has 0 aliphatic carbocycles. The zero-order valence-electron chi connectivity index (χ0n) is 18.7. The number of nitrogens with zero attached hydrogens (tertiary/aromatic N) is 2. The van der Waals surface area contributed by atoms with Crippen molar-refractivity contribution >= 4 is 27.3 Å². The van der Waals surface area contributed by atoms with Gasteiger partial charge in [-0.1, -0.05) is 36.4 Å². The molecule has 3 aromatic carbocycles. The third-order valence-corrected chi connectivity index (χ3v) is 8.39. The Bertz CT molecular complexity index is 1340. The predicted octanol–water partition coefficient (Wildman–Crippen LogP) is 4.43. The summed E-state index contributed by atoms with van der Waals surface area (Å²) >= 11 is 0. The third kappa shape index (κ3) is 3.56. The number of fused-ring (bicyclic) bond motifs is 2. The number of para-hydroxylation sites is 2. The van der Waals surface area contributed by atoms with Gasteiger partial charge in [0.1, 0.15) is 5.75 Å². The molecule has 1 atom stereocenters. The minimum absolute atomic E-state index is 0.0113. The molecule has 2 aliphatic rings. The Labute approximate surface area is 194 Å². The molecule has 0 bridgehead atoms. The minimum Gasteiger partial charge on any atom is -0.496 e. The average molecular weight is 463 g/mol. The number of amides is 1. The van der Waals surface area contributed by atoms with Crippen LogP contribution in [0.4, 0.5) is 11.4 Å². The molecule has 0 saturated heterocycles. The van der Waals surface area contributed by atoms with E-state index < -0.39 is 10.0 Å². The monoisotopic (exact) mass is 462 g/mol. The van der Waals surface area contributed by atoms with Gasteiger partial charge >= 0.3 is 0 Å². The second kappa shape index (κ2) is 8.23. The summed E-state index contributed by atoms with van der Waals surface area (Å²) in [4.78, 5) is 15.6. The molecule has 0 aromatic heterocycles. The zero-order valence-corrected chi connectivity index (χ0v) is 19.5. The summed E-state index contributed by atoms with van der Waals surface area (Å²) in [6.45, 7) is 2.40. The molecule has 2 aliphatic heterocycles. The lowest BCUT2D eigenvalue weighted by atomic mass is 9.95. The molecule has 1 unspecified atom stereocenters. The lowest BCUT2D eigenvalue weighted by molar-refractivity contribution is 0.0972. The second-order valence-corrected chi connectivity index (χ2v) is 10.4. The van der Waals surface area contributed by atoms with E-state index in [0.717, 1.165) is 29.7 Å².